The molecule has 102 valence electrons. The minimum Gasteiger partial charge on any atom is -0.491 e. The quantitative estimate of drug-likeness (QED) is 0.783. The minimum atomic E-state index is -0.471. The molecule has 0 aromatic heterocycles. The van der Waals surface area contributed by atoms with Crippen molar-refractivity contribution in [1.29, 1.82) is 0 Å². The summed E-state index contributed by atoms with van der Waals surface area (Å²) in [4.78, 5) is 0. The summed E-state index contributed by atoms with van der Waals surface area (Å²) < 4.78 is 5.57. The van der Waals surface area contributed by atoms with E-state index < -0.39 is 6.10 Å². The average molecular weight is 251 g/mol. The molecule has 0 amide bonds. The van der Waals surface area contributed by atoms with Gasteiger partial charge in [0.2, 0.25) is 0 Å². The van der Waals surface area contributed by atoms with Gasteiger partial charge in [-0.15, -0.1) is 0 Å². The first-order valence-corrected chi connectivity index (χ1v) is 6.74. The molecule has 3 heteroatoms. The average Bonchev–Trinajstić information content (AvgIpc) is 2.35. The van der Waals surface area contributed by atoms with Crippen molar-refractivity contribution >= 4 is 0 Å². The molecule has 0 spiro atoms. The smallest absolute Gasteiger partial charge is 0.119 e. The fourth-order valence-electron chi connectivity index (χ4n) is 1.86. The van der Waals surface area contributed by atoms with Crippen LogP contribution in [0.15, 0.2) is 24.3 Å². The van der Waals surface area contributed by atoms with Crippen LogP contribution in [0.3, 0.4) is 0 Å². The highest BCUT2D eigenvalue weighted by molar-refractivity contribution is 5.29. The van der Waals surface area contributed by atoms with Crippen LogP contribution >= 0.6 is 0 Å². The van der Waals surface area contributed by atoms with Crippen molar-refractivity contribution in [1.82, 2.24) is 0 Å². The van der Waals surface area contributed by atoms with Gasteiger partial charge in [0.1, 0.15) is 5.75 Å². The van der Waals surface area contributed by atoms with Crippen LogP contribution in [0.4, 0.5) is 0 Å². The maximum Gasteiger partial charge on any atom is 0.119 e. The summed E-state index contributed by atoms with van der Waals surface area (Å²) in [5.74, 6) is 0.837. The lowest BCUT2D eigenvalue weighted by Gasteiger charge is -2.19. The van der Waals surface area contributed by atoms with Crippen LogP contribution in [0, 0.1) is 0 Å². The van der Waals surface area contributed by atoms with Crippen molar-refractivity contribution in [2.24, 2.45) is 5.73 Å². The molecule has 3 N–H and O–H groups in total. The van der Waals surface area contributed by atoms with Gasteiger partial charge in [-0.2, -0.15) is 0 Å². The van der Waals surface area contributed by atoms with E-state index in [1.54, 1.807) is 0 Å². The van der Waals surface area contributed by atoms with E-state index in [1.807, 2.05) is 38.1 Å². The van der Waals surface area contributed by atoms with Crippen LogP contribution < -0.4 is 10.5 Å². The highest BCUT2D eigenvalue weighted by Gasteiger charge is 2.16. The lowest BCUT2D eigenvalue weighted by molar-refractivity contribution is 0.132. The predicted octanol–water partition coefficient (Wildman–Crippen LogP) is 3.02. The molecular weight excluding hydrogens is 226 g/mol. The van der Waals surface area contributed by atoms with E-state index in [-0.39, 0.29) is 12.1 Å². The Hall–Kier alpha value is -1.06. The van der Waals surface area contributed by atoms with Gasteiger partial charge in [0.25, 0.3) is 0 Å². The van der Waals surface area contributed by atoms with Crippen LogP contribution in [-0.4, -0.2) is 17.3 Å². The highest BCUT2D eigenvalue weighted by Crippen LogP contribution is 2.21. The summed E-state index contributed by atoms with van der Waals surface area (Å²) in [6, 6.07) is 7.35. The number of aliphatic hydroxyl groups is 1. The standard InChI is InChI=1S/C15H25NO2/c1-4-5-6-14(17)15(16)12-7-9-13(10-8-12)18-11(2)3/h7-11,14-15,17H,4-6,16H2,1-3H3/t14-,15+/m0/s1. The summed E-state index contributed by atoms with van der Waals surface area (Å²) in [7, 11) is 0. The molecule has 2 atom stereocenters. The first-order chi connectivity index (χ1) is 8.54. The van der Waals surface area contributed by atoms with Gasteiger partial charge in [0.15, 0.2) is 0 Å². The van der Waals surface area contributed by atoms with E-state index in [2.05, 4.69) is 6.92 Å². The zero-order valence-corrected chi connectivity index (χ0v) is 11.6. The molecule has 1 rings (SSSR count). The fourth-order valence-corrected chi connectivity index (χ4v) is 1.86. The first kappa shape index (κ1) is 15.0. The van der Waals surface area contributed by atoms with Crippen LogP contribution in [0.5, 0.6) is 5.75 Å². The Bertz CT molecular complexity index is 335. The molecule has 0 unspecified atom stereocenters. The zero-order valence-electron chi connectivity index (χ0n) is 11.6. The van der Waals surface area contributed by atoms with Gasteiger partial charge in [-0.3, -0.25) is 0 Å². The lowest BCUT2D eigenvalue weighted by Crippen LogP contribution is -2.26. The molecule has 0 heterocycles. The SMILES string of the molecule is CCCC[C@H](O)[C@H](N)c1ccc(OC(C)C)cc1. The molecule has 0 aliphatic rings. The second-order valence-corrected chi connectivity index (χ2v) is 4.97. The second-order valence-electron chi connectivity index (χ2n) is 4.97. The Morgan fingerprint density at radius 2 is 1.83 bits per heavy atom. The van der Waals surface area contributed by atoms with E-state index in [1.165, 1.54) is 0 Å². The van der Waals surface area contributed by atoms with Crippen molar-refractivity contribution in [3.63, 3.8) is 0 Å². The summed E-state index contributed by atoms with van der Waals surface area (Å²) in [5, 5.41) is 9.96. The molecule has 0 radical (unpaired) electrons. The van der Waals surface area contributed by atoms with Gasteiger partial charge in [0, 0.05) is 0 Å². The van der Waals surface area contributed by atoms with Gasteiger partial charge in [-0.1, -0.05) is 31.9 Å². The summed E-state index contributed by atoms with van der Waals surface area (Å²) >= 11 is 0. The number of aliphatic hydroxyl groups excluding tert-OH is 1. The van der Waals surface area contributed by atoms with E-state index in [0.717, 1.165) is 30.6 Å². The van der Waals surface area contributed by atoms with Crippen LogP contribution in [0.2, 0.25) is 0 Å². The van der Waals surface area contributed by atoms with Crippen LogP contribution in [-0.2, 0) is 0 Å². The topological polar surface area (TPSA) is 55.5 Å². The van der Waals surface area contributed by atoms with Crippen LogP contribution in [0.1, 0.15) is 51.6 Å². The molecule has 0 aliphatic heterocycles. The van der Waals surface area contributed by atoms with Crippen LogP contribution in [0.25, 0.3) is 0 Å². The molecule has 18 heavy (non-hydrogen) atoms. The largest absolute Gasteiger partial charge is 0.491 e. The molecule has 0 fully saturated rings. The number of ether oxygens (including phenoxy) is 1. The Morgan fingerprint density at radius 3 is 2.33 bits per heavy atom. The van der Waals surface area contributed by atoms with E-state index in [4.69, 9.17) is 10.5 Å². The summed E-state index contributed by atoms with van der Waals surface area (Å²) in [6.45, 7) is 6.10. The molecule has 0 bridgehead atoms. The van der Waals surface area contributed by atoms with Crippen molar-refractivity contribution in [2.45, 2.75) is 58.3 Å². The van der Waals surface area contributed by atoms with Crippen molar-refractivity contribution in [3.05, 3.63) is 29.8 Å². The molecule has 0 saturated heterocycles. The Labute approximate surface area is 110 Å². The minimum absolute atomic E-state index is 0.166. The summed E-state index contributed by atoms with van der Waals surface area (Å²) in [5.41, 5.74) is 6.99. The molecule has 3 nitrogen and oxygen atoms in total. The fraction of sp³-hybridized carbons (Fsp3) is 0.600. The zero-order chi connectivity index (χ0) is 13.5. The Kier molecular flexibility index (Phi) is 6.16. The number of unbranched alkanes of at least 4 members (excludes halogenated alkanes) is 1. The number of nitrogens with two attached hydrogens (primary N) is 1. The van der Waals surface area contributed by atoms with Gasteiger partial charge in [-0.05, 0) is 38.0 Å². The maximum absolute atomic E-state index is 9.96. The lowest BCUT2D eigenvalue weighted by atomic mass is 9.98. The predicted molar refractivity (Wildman–Crippen MR) is 74.7 cm³/mol. The number of hydrogen-bond acceptors (Lipinski definition) is 3. The number of benzene rings is 1. The van der Waals surface area contributed by atoms with Crippen molar-refractivity contribution in [2.75, 3.05) is 0 Å². The molecular formula is C15H25NO2. The van der Waals surface area contributed by atoms with Gasteiger partial charge < -0.3 is 15.6 Å². The van der Waals surface area contributed by atoms with Gasteiger partial charge in [-0.25, -0.2) is 0 Å². The molecule has 0 aliphatic carbocycles. The van der Waals surface area contributed by atoms with Gasteiger partial charge in [0.05, 0.1) is 18.2 Å². The Morgan fingerprint density at radius 1 is 1.22 bits per heavy atom. The van der Waals surface area contributed by atoms with E-state index in [0.29, 0.717) is 0 Å². The third kappa shape index (κ3) is 4.67. The van der Waals surface area contributed by atoms with E-state index in [9.17, 15) is 5.11 Å². The van der Waals surface area contributed by atoms with E-state index >= 15 is 0 Å². The molecule has 0 saturated carbocycles. The monoisotopic (exact) mass is 251 g/mol. The summed E-state index contributed by atoms with van der Waals surface area (Å²) in [6.07, 6.45) is 2.53. The highest BCUT2D eigenvalue weighted by atomic mass is 16.5. The molecule has 1 aromatic carbocycles. The number of hydrogen-bond donors (Lipinski definition) is 2. The second kappa shape index (κ2) is 7.39. The maximum atomic E-state index is 9.96. The first-order valence-electron chi connectivity index (χ1n) is 6.74. The van der Waals surface area contributed by atoms with Crippen molar-refractivity contribution in [3.8, 4) is 5.75 Å². The molecule has 1 aromatic rings. The third-order valence-electron chi connectivity index (χ3n) is 2.90. The Balaban J connectivity index is 2.60. The van der Waals surface area contributed by atoms with Gasteiger partial charge >= 0.3 is 0 Å². The number of rotatable bonds is 7. The third-order valence-corrected chi connectivity index (χ3v) is 2.90. The normalized spacial score (nSPS) is 14.6. The van der Waals surface area contributed by atoms with Crippen molar-refractivity contribution < 1.29 is 9.84 Å².